The second-order valence-electron chi connectivity index (χ2n) is 8.71. The van der Waals surface area contributed by atoms with Crippen molar-refractivity contribution in [2.75, 3.05) is 50.5 Å². The van der Waals surface area contributed by atoms with Gasteiger partial charge in [0.15, 0.2) is 17.0 Å². The number of halogens is 1. The van der Waals surface area contributed by atoms with Crippen molar-refractivity contribution in [3.8, 4) is 17.0 Å². The van der Waals surface area contributed by atoms with E-state index in [2.05, 4.69) is 30.3 Å². The molecule has 0 atom stereocenters. The molecule has 6 rings (SSSR count). The third-order valence-electron chi connectivity index (χ3n) is 6.25. The zero-order valence-corrected chi connectivity index (χ0v) is 20.9. The van der Waals surface area contributed by atoms with Crippen molar-refractivity contribution in [3.63, 3.8) is 0 Å². The Morgan fingerprint density at radius 1 is 1.14 bits per heavy atom. The minimum atomic E-state index is 0.337. The molecule has 12 heteroatoms. The number of rotatable bonds is 7. The van der Waals surface area contributed by atoms with E-state index in [0.29, 0.717) is 46.0 Å². The van der Waals surface area contributed by atoms with Gasteiger partial charge in [0.2, 0.25) is 0 Å². The number of ether oxygens (including phenoxy) is 2. The molecule has 3 aromatic heterocycles. The summed E-state index contributed by atoms with van der Waals surface area (Å²) in [6.07, 6.45) is 1.43. The lowest BCUT2D eigenvalue weighted by molar-refractivity contribution is 0.0323. The standard InChI is InChI=1S/C25H25ClN8O3/c1-33-24-20(23(27)28-14-29-24)21(32-33)15-2-4-17(5-3-15)30-25-31-18-12-16(26)13-19(22(18)37-25)36-11-8-34-6-9-35-10-7-34/h2-5,12-14H,6-11H2,1H3,(H,30,31)(H2,27,28,29). The van der Waals surface area contributed by atoms with E-state index >= 15 is 0 Å². The lowest BCUT2D eigenvalue weighted by Gasteiger charge is -2.26. The van der Waals surface area contributed by atoms with Crippen molar-refractivity contribution < 1.29 is 13.9 Å². The average Bonchev–Trinajstić information content (AvgIpc) is 3.46. The molecule has 0 spiro atoms. The second-order valence-corrected chi connectivity index (χ2v) is 9.14. The quantitative estimate of drug-likeness (QED) is 0.326. The summed E-state index contributed by atoms with van der Waals surface area (Å²) in [5, 5.41) is 9.05. The highest BCUT2D eigenvalue weighted by Crippen LogP contribution is 2.34. The summed E-state index contributed by atoms with van der Waals surface area (Å²) in [5.41, 5.74) is 10.3. The minimum Gasteiger partial charge on any atom is -0.488 e. The molecule has 1 aliphatic rings. The van der Waals surface area contributed by atoms with E-state index < -0.39 is 0 Å². The SMILES string of the molecule is Cn1nc(-c2ccc(Nc3nc4cc(Cl)cc(OCCN5CCOCC5)c4o3)cc2)c2c(N)ncnc21. The summed E-state index contributed by atoms with van der Waals surface area (Å²) < 4.78 is 19.1. The number of hydrogen-bond acceptors (Lipinski definition) is 10. The summed E-state index contributed by atoms with van der Waals surface area (Å²) in [4.78, 5) is 15.2. The molecular weight excluding hydrogens is 496 g/mol. The maximum Gasteiger partial charge on any atom is 0.300 e. The number of nitrogens with two attached hydrogens (primary N) is 1. The fraction of sp³-hybridized carbons (Fsp3) is 0.280. The Balaban J connectivity index is 1.20. The van der Waals surface area contributed by atoms with Crippen LogP contribution in [0.1, 0.15) is 0 Å². The first-order chi connectivity index (χ1) is 18.0. The summed E-state index contributed by atoms with van der Waals surface area (Å²) in [6.45, 7) is 4.62. The van der Waals surface area contributed by atoms with Crippen LogP contribution in [-0.2, 0) is 11.8 Å². The molecule has 0 saturated carbocycles. The van der Waals surface area contributed by atoms with E-state index in [-0.39, 0.29) is 0 Å². The topological polar surface area (TPSA) is 129 Å². The molecule has 4 heterocycles. The molecule has 1 saturated heterocycles. The molecule has 0 radical (unpaired) electrons. The van der Waals surface area contributed by atoms with E-state index in [1.807, 2.05) is 31.3 Å². The van der Waals surface area contributed by atoms with Crippen LogP contribution in [0.25, 0.3) is 33.4 Å². The van der Waals surface area contributed by atoms with Crippen LogP contribution in [0.2, 0.25) is 5.02 Å². The number of nitrogens with one attached hydrogen (secondary N) is 1. The zero-order valence-electron chi connectivity index (χ0n) is 20.1. The Kier molecular flexibility index (Phi) is 6.25. The van der Waals surface area contributed by atoms with Gasteiger partial charge in [-0.2, -0.15) is 10.1 Å². The summed E-state index contributed by atoms with van der Waals surface area (Å²) in [5.74, 6) is 0.955. The minimum absolute atomic E-state index is 0.337. The molecule has 5 aromatic rings. The van der Waals surface area contributed by atoms with Gasteiger partial charge in [-0.25, -0.2) is 14.6 Å². The third-order valence-corrected chi connectivity index (χ3v) is 6.47. The fourth-order valence-electron chi connectivity index (χ4n) is 4.39. The molecule has 0 amide bonds. The monoisotopic (exact) mass is 520 g/mol. The van der Waals surface area contributed by atoms with E-state index in [1.54, 1.807) is 16.8 Å². The number of hydrogen-bond donors (Lipinski definition) is 2. The molecule has 190 valence electrons. The molecule has 0 bridgehead atoms. The smallest absolute Gasteiger partial charge is 0.300 e. The van der Waals surface area contributed by atoms with E-state index in [4.69, 9.17) is 31.2 Å². The van der Waals surface area contributed by atoms with Crippen molar-refractivity contribution >= 4 is 51.3 Å². The van der Waals surface area contributed by atoms with Crippen LogP contribution in [0.4, 0.5) is 17.5 Å². The Labute approximate surface area is 217 Å². The first-order valence-corrected chi connectivity index (χ1v) is 12.3. The molecular formula is C25H25ClN8O3. The van der Waals surface area contributed by atoms with Crippen molar-refractivity contribution in [1.29, 1.82) is 0 Å². The maximum atomic E-state index is 6.32. The molecule has 11 nitrogen and oxygen atoms in total. The van der Waals surface area contributed by atoms with Crippen LogP contribution >= 0.6 is 11.6 Å². The Bertz CT molecular complexity index is 1560. The maximum absolute atomic E-state index is 6.32. The van der Waals surface area contributed by atoms with E-state index in [0.717, 1.165) is 55.2 Å². The van der Waals surface area contributed by atoms with E-state index in [1.165, 1.54) is 6.33 Å². The van der Waals surface area contributed by atoms with Gasteiger partial charge in [-0.3, -0.25) is 4.90 Å². The Hall–Kier alpha value is -3.93. The van der Waals surface area contributed by atoms with Crippen LogP contribution in [0, 0.1) is 0 Å². The van der Waals surface area contributed by atoms with Gasteiger partial charge in [-0.15, -0.1) is 0 Å². The summed E-state index contributed by atoms with van der Waals surface area (Å²) in [6, 6.07) is 11.5. The van der Waals surface area contributed by atoms with Gasteiger partial charge in [0.1, 0.15) is 30.0 Å². The van der Waals surface area contributed by atoms with Crippen molar-refractivity contribution in [1.82, 2.24) is 29.6 Å². The fourth-order valence-corrected chi connectivity index (χ4v) is 4.59. The Morgan fingerprint density at radius 3 is 2.76 bits per heavy atom. The highest BCUT2D eigenvalue weighted by molar-refractivity contribution is 6.31. The zero-order chi connectivity index (χ0) is 25.4. The number of aromatic nitrogens is 5. The third kappa shape index (κ3) is 4.76. The Morgan fingerprint density at radius 2 is 1.95 bits per heavy atom. The van der Waals surface area contributed by atoms with Gasteiger partial charge in [-0.1, -0.05) is 23.7 Å². The molecule has 0 aliphatic carbocycles. The number of benzene rings is 2. The molecule has 3 N–H and O–H groups in total. The van der Waals surface area contributed by atoms with Crippen LogP contribution < -0.4 is 15.8 Å². The van der Waals surface area contributed by atoms with Gasteiger partial charge in [0, 0.05) is 49.0 Å². The van der Waals surface area contributed by atoms with Crippen LogP contribution in [0.3, 0.4) is 0 Å². The number of nitrogens with zero attached hydrogens (tertiary/aromatic N) is 6. The van der Waals surface area contributed by atoms with Crippen LogP contribution in [-0.4, -0.2) is 69.1 Å². The summed E-state index contributed by atoms with van der Waals surface area (Å²) >= 11 is 6.32. The largest absolute Gasteiger partial charge is 0.488 e. The van der Waals surface area contributed by atoms with E-state index in [9.17, 15) is 0 Å². The number of fused-ring (bicyclic) bond motifs is 2. The lowest BCUT2D eigenvalue weighted by Crippen LogP contribution is -2.38. The number of morpholine rings is 1. The highest BCUT2D eigenvalue weighted by Gasteiger charge is 2.17. The normalized spacial score (nSPS) is 14.4. The summed E-state index contributed by atoms with van der Waals surface area (Å²) in [7, 11) is 1.83. The first-order valence-electron chi connectivity index (χ1n) is 11.9. The van der Waals surface area contributed by atoms with Crippen molar-refractivity contribution in [2.45, 2.75) is 0 Å². The predicted molar refractivity (Wildman–Crippen MR) is 141 cm³/mol. The van der Waals surface area contributed by atoms with Gasteiger partial charge in [0.05, 0.1) is 18.6 Å². The van der Waals surface area contributed by atoms with Gasteiger partial charge < -0.3 is 24.9 Å². The number of aryl methyl sites for hydroxylation is 1. The highest BCUT2D eigenvalue weighted by atomic mass is 35.5. The van der Waals surface area contributed by atoms with Gasteiger partial charge in [-0.05, 0) is 18.2 Å². The molecule has 0 unspecified atom stereocenters. The van der Waals surface area contributed by atoms with Crippen LogP contribution in [0.15, 0.2) is 47.1 Å². The van der Waals surface area contributed by atoms with Gasteiger partial charge in [0.25, 0.3) is 6.01 Å². The van der Waals surface area contributed by atoms with Gasteiger partial charge >= 0.3 is 0 Å². The molecule has 1 aliphatic heterocycles. The van der Waals surface area contributed by atoms with Crippen molar-refractivity contribution in [3.05, 3.63) is 47.7 Å². The predicted octanol–water partition coefficient (Wildman–Crippen LogP) is 3.86. The molecule has 2 aromatic carbocycles. The number of anilines is 3. The molecule has 1 fully saturated rings. The first kappa shape index (κ1) is 23.5. The lowest BCUT2D eigenvalue weighted by atomic mass is 10.1. The molecule has 37 heavy (non-hydrogen) atoms. The second kappa shape index (κ2) is 9.85. The number of nitrogen functional groups attached to an aromatic ring is 1. The number of oxazole rings is 1. The van der Waals surface area contributed by atoms with Crippen LogP contribution in [0.5, 0.6) is 5.75 Å². The average molecular weight is 521 g/mol. The van der Waals surface area contributed by atoms with Crippen molar-refractivity contribution in [2.24, 2.45) is 7.05 Å².